The number of rotatable bonds is 6. The van der Waals surface area contributed by atoms with Crippen LogP contribution in [-0.2, 0) is 16.1 Å². The molecule has 1 saturated carbocycles. The Kier molecular flexibility index (Phi) is 5.65. The van der Waals surface area contributed by atoms with Gasteiger partial charge in [-0.3, -0.25) is 14.9 Å². The van der Waals surface area contributed by atoms with Gasteiger partial charge < -0.3 is 21.1 Å². The number of carbonyl (C=O) groups excluding carboxylic acids is 2. The lowest BCUT2D eigenvalue weighted by molar-refractivity contribution is -0.138. The molecule has 11 nitrogen and oxygen atoms in total. The number of amides is 2. The second-order valence-electron chi connectivity index (χ2n) is 9.18. The number of halogens is 3. The molecule has 2 aliphatic heterocycles. The summed E-state index contributed by atoms with van der Waals surface area (Å²) in [6.07, 6.45) is -4.64. The van der Waals surface area contributed by atoms with E-state index >= 15 is 0 Å². The molecule has 0 bridgehead atoms. The highest BCUT2D eigenvalue weighted by Gasteiger charge is 2.53. The van der Waals surface area contributed by atoms with E-state index < -0.39 is 42.5 Å². The number of carbonyl (C=O) groups is 2. The Bertz CT molecular complexity index is 1310. The number of hydrogen-bond donors (Lipinski definition) is 4. The summed E-state index contributed by atoms with van der Waals surface area (Å²) in [5, 5.41) is 13.6. The number of pyridine rings is 1. The van der Waals surface area contributed by atoms with E-state index in [9.17, 15) is 22.8 Å². The quantitative estimate of drug-likeness (QED) is 0.428. The molecule has 5 rings (SSSR count). The van der Waals surface area contributed by atoms with Crippen molar-refractivity contribution in [3.05, 3.63) is 29.1 Å². The molecule has 36 heavy (non-hydrogen) atoms. The number of aliphatic imine (C=N–C) groups is 1. The summed E-state index contributed by atoms with van der Waals surface area (Å²) in [6, 6.07) is 3.25. The van der Waals surface area contributed by atoms with E-state index in [2.05, 4.69) is 31.0 Å². The van der Waals surface area contributed by atoms with E-state index in [4.69, 9.17) is 10.5 Å². The van der Waals surface area contributed by atoms with Gasteiger partial charge in [-0.2, -0.15) is 23.3 Å². The van der Waals surface area contributed by atoms with Crippen LogP contribution in [0.4, 0.5) is 13.2 Å². The van der Waals surface area contributed by atoms with E-state index in [1.165, 1.54) is 14.0 Å². The number of nitrogens with two attached hydrogens (primary N) is 1. The fraction of sp³-hybridized carbons (Fsp3) is 0.500. The van der Waals surface area contributed by atoms with Crippen molar-refractivity contribution >= 4 is 28.7 Å². The molecule has 4 heterocycles. The molecule has 2 unspecified atom stereocenters. The highest BCUT2D eigenvalue weighted by molar-refractivity contribution is 6.20. The third kappa shape index (κ3) is 4.14. The molecule has 3 aliphatic rings. The monoisotopic (exact) mass is 506 g/mol. The Balaban J connectivity index is 1.52. The summed E-state index contributed by atoms with van der Waals surface area (Å²) in [7, 11) is 1.40. The molecule has 192 valence electrons. The molecule has 0 aromatic carbocycles. The molecule has 0 saturated heterocycles. The number of nitrogens with one attached hydrogen (secondary N) is 3. The molecule has 2 aromatic rings. The van der Waals surface area contributed by atoms with E-state index in [-0.39, 0.29) is 35.5 Å². The van der Waals surface area contributed by atoms with Gasteiger partial charge in [-0.25, -0.2) is 9.67 Å². The van der Waals surface area contributed by atoms with Crippen molar-refractivity contribution < 1.29 is 27.5 Å². The van der Waals surface area contributed by atoms with Crippen LogP contribution >= 0.6 is 0 Å². The van der Waals surface area contributed by atoms with Crippen LogP contribution in [-0.4, -0.2) is 58.3 Å². The molecule has 2 aromatic heterocycles. The number of alkyl halides is 3. The zero-order valence-corrected chi connectivity index (χ0v) is 19.6. The number of ether oxygens (including phenoxy) is 1. The number of hydrogen-bond acceptors (Lipinski definition) is 8. The van der Waals surface area contributed by atoms with Gasteiger partial charge in [-0.05, 0) is 25.8 Å². The normalized spacial score (nSPS) is 24.3. The van der Waals surface area contributed by atoms with Gasteiger partial charge in [0.15, 0.2) is 11.1 Å². The zero-order chi connectivity index (χ0) is 25.8. The van der Waals surface area contributed by atoms with Crippen LogP contribution in [0.25, 0.3) is 11.0 Å². The number of methoxy groups -OCH3 is 1. The maximum Gasteiger partial charge on any atom is 0.390 e. The minimum atomic E-state index is -4.38. The van der Waals surface area contributed by atoms with Crippen molar-refractivity contribution in [1.29, 1.82) is 0 Å². The third-order valence-corrected chi connectivity index (χ3v) is 6.56. The average molecular weight is 506 g/mol. The summed E-state index contributed by atoms with van der Waals surface area (Å²) in [6.45, 7) is 1.15. The van der Waals surface area contributed by atoms with Crippen LogP contribution in [0.3, 0.4) is 0 Å². The molecule has 0 radical (unpaired) electrons. The molecule has 1 fully saturated rings. The lowest BCUT2D eigenvalue weighted by Crippen LogP contribution is -2.48. The van der Waals surface area contributed by atoms with Gasteiger partial charge in [-0.15, -0.1) is 0 Å². The first-order chi connectivity index (χ1) is 17.0. The van der Waals surface area contributed by atoms with Gasteiger partial charge in [0, 0.05) is 35.3 Å². The third-order valence-electron chi connectivity index (χ3n) is 6.56. The SMILES string of the molecule is COc1ccc2c(C3N=C(N)C4=C(CN3)NC(=O)C4(C)C(=O)NC3CC3)nn(CCC(F)(F)F)c2n1. The number of nitrogens with zero attached hydrogens (tertiary/aromatic N) is 4. The molecule has 1 aliphatic carbocycles. The maximum absolute atomic E-state index is 13.0. The summed E-state index contributed by atoms with van der Waals surface area (Å²) >= 11 is 0. The van der Waals surface area contributed by atoms with Gasteiger partial charge >= 0.3 is 6.18 Å². The van der Waals surface area contributed by atoms with Crippen LogP contribution in [0.1, 0.15) is 38.0 Å². The number of aromatic nitrogens is 3. The van der Waals surface area contributed by atoms with Gasteiger partial charge in [0.25, 0.3) is 0 Å². The van der Waals surface area contributed by atoms with E-state index in [0.717, 1.165) is 17.5 Å². The number of fused-ring (bicyclic) bond motifs is 1. The standard InChI is InChI=1S/C22H25F3N8O3/c1-21(19(34)28-10-3-4-10)14-12(29-20(21)35)9-27-17(31-16(14)26)15-11-5-6-13(36-2)30-18(11)33(32-15)8-7-22(23,24)25/h5-6,10,17,27H,3-4,7-9H2,1-2H3,(H2,26,31)(H,28,34)(H,29,35). The van der Waals surface area contributed by atoms with Crippen LogP contribution in [0, 0.1) is 5.41 Å². The summed E-state index contributed by atoms with van der Waals surface area (Å²) < 4.78 is 45.1. The van der Waals surface area contributed by atoms with Crippen molar-refractivity contribution in [2.75, 3.05) is 13.7 Å². The van der Waals surface area contributed by atoms with Crippen LogP contribution < -0.4 is 26.4 Å². The zero-order valence-electron chi connectivity index (χ0n) is 19.6. The maximum atomic E-state index is 13.0. The Hall–Kier alpha value is -3.68. The fourth-order valence-electron chi connectivity index (χ4n) is 4.43. The van der Waals surface area contributed by atoms with E-state index in [0.29, 0.717) is 16.8 Å². The largest absolute Gasteiger partial charge is 0.481 e. The van der Waals surface area contributed by atoms with Crippen molar-refractivity contribution in [2.24, 2.45) is 16.1 Å². The second kappa shape index (κ2) is 8.47. The first kappa shape index (κ1) is 24.0. The summed E-state index contributed by atoms with van der Waals surface area (Å²) in [4.78, 5) is 34.6. The van der Waals surface area contributed by atoms with Crippen molar-refractivity contribution in [3.8, 4) is 5.88 Å². The van der Waals surface area contributed by atoms with Crippen LogP contribution in [0.2, 0.25) is 0 Å². The number of aryl methyl sites for hydroxylation is 1. The lowest BCUT2D eigenvalue weighted by Gasteiger charge is -2.24. The van der Waals surface area contributed by atoms with Crippen molar-refractivity contribution in [3.63, 3.8) is 0 Å². The molecule has 0 spiro atoms. The minimum Gasteiger partial charge on any atom is -0.481 e. The van der Waals surface area contributed by atoms with Crippen LogP contribution in [0.5, 0.6) is 5.88 Å². The first-order valence-corrected chi connectivity index (χ1v) is 11.4. The predicted molar refractivity (Wildman–Crippen MR) is 122 cm³/mol. The topological polar surface area (TPSA) is 149 Å². The molecule has 14 heteroatoms. The highest BCUT2D eigenvalue weighted by Crippen LogP contribution is 2.38. The lowest BCUT2D eigenvalue weighted by atomic mass is 9.81. The van der Waals surface area contributed by atoms with Gasteiger partial charge in [0.05, 0.1) is 20.1 Å². The summed E-state index contributed by atoms with van der Waals surface area (Å²) in [5.74, 6) is -0.768. The van der Waals surface area contributed by atoms with Crippen LogP contribution in [0.15, 0.2) is 28.4 Å². The van der Waals surface area contributed by atoms with E-state index in [1.807, 2.05) is 0 Å². The van der Waals surface area contributed by atoms with Crippen molar-refractivity contribution in [1.82, 2.24) is 30.7 Å². The van der Waals surface area contributed by atoms with E-state index in [1.54, 1.807) is 12.1 Å². The Morgan fingerprint density at radius 2 is 2.11 bits per heavy atom. The molecular formula is C22H25F3N8O3. The predicted octanol–water partition coefficient (Wildman–Crippen LogP) is 1.02. The average Bonchev–Trinajstić information content (AvgIpc) is 3.53. The Labute approximate surface area is 203 Å². The van der Waals surface area contributed by atoms with Gasteiger partial charge in [0.1, 0.15) is 17.7 Å². The van der Waals surface area contributed by atoms with Crippen molar-refractivity contribution in [2.45, 2.75) is 51.1 Å². The first-order valence-electron chi connectivity index (χ1n) is 11.4. The molecule has 5 N–H and O–H groups in total. The second-order valence-corrected chi connectivity index (χ2v) is 9.18. The highest BCUT2D eigenvalue weighted by atomic mass is 19.4. The molecular weight excluding hydrogens is 481 g/mol. The van der Waals surface area contributed by atoms with Gasteiger partial charge in [-0.1, -0.05) is 0 Å². The fourth-order valence-corrected chi connectivity index (χ4v) is 4.43. The summed E-state index contributed by atoms with van der Waals surface area (Å²) in [5.41, 5.74) is 5.98. The number of amidine groups is 1. The smallest absolute Gasteiger partial charge is 0.390 e. The molecule has 2 atom stereocenters. The Morgan fingerprint density at radius 1 is 1.36 bits per heavy atom. The minimum absolute atomic E-state index is 0.0359. The Morgan fingerprint density at radius 3 is 2.78 bits per heavy atom. The van der Waals surface area contributed by atoms with Gasteiger partial charge in [0.2, 0.25) is 17.7 Å². The molecule has 2 amide bonds.